The number of morpholine rings is 1. The van der Waals surface area contributed by atoms with E-state index in [4.69, 9.17) is 4.74 Å². The summed E-state index contributed by atoms with van der Waals surface area (Å²) in [4.78, 5) is 27.0. The molecule has 0 unspecified atom stereocenters. The van der Waals surface area contributed by atoms with E-state index in [1.54, 1.807) is 13.8 Å². The number of hydrogen-bond donors (Lipinski definition) is 3. The van der Waals surface area contributed by atoms with Gasteiger partial charge in [-0.3, -0.25) is 14.5 Å². The fourth-order valence-electron chi connectivity index (χ4n) is 3.36. The molecule has 11 heteroatoms. The quantitative estimate of drug-likeness (QED) is 0.495. The lowest BCUT2D eigenvalue weighted by Gasteiger charge is -2.26. The number of benzene rings is 2. The second-order valence-electron chi connectivity index (χ2n) is 8.20. The van der Waals surface area contributed by atoms with Crippen LogP contribution in [0.1, 0.15) is 30.6 Å². The van der Waals surface area contributed by atoms with Crippen LogP contribution in [0.3, 0.4) is 0 Å². The molecule has 0 bridgehead atoms. The number of halogens is 1. The monoisotopic (exact) mass is 492 g/mol. The topological polar surface area (TPSA) is 117 Å². The van der Waals surface area contributed by atoms with Crippen molar-refractivity contribution in [1.29, 1.82) is 0 Å². The van der Waals surface area contributed by atoms with Gasteiger partial charge in [-0.1, -0.05) is 0 Å². The number of nitrogens with zero attached hydrogens (tertiary/aromatic N) is 1. The molecule has 2 aromatic carbocycles. The van der Waals surface area contributed by atoms with Crippen molar-refractivity contribution in [2.75, 3.05) is 43.5 Å². The highest BCUT2D eigenvalue weighted by Gasteiger charge is 2.17. The first kappa shape index (κ1) is 25.8. The molecule has 1 saturated heterocycles. The van der Waals surface area contributed by atoms with Gasteiger partial charge in [-0.25, -0.2) is 17.5 Å². The summed E-state index contributed by atoms with van der Waals surface area (Å²) in [5, 5.41) is 5.18. The number of rotatable bonds is 9. The lowest BCUT2D eigenvalue weighted by molar-refractivity contribution is -0.116. The molecule has 34 heavy (non-hydrogen) atoms. The molecule has 3 rings (SSSR count). The number of hydrogen-bond acceptors (Lipinski definition) is 6. The van der Waals surface area contributed by atoms with Gasteiger partial charge in [0.05, 0.1) is 23.8 Å². The zero-order chi connectivity index (χ0) is 24.7. The molecule has 0 atom stereocenters. The summed E-state index contributed by atoms with van der Waals surface area (Å²) in [5.41, 5.74) is 0.475. The van der Waals surface area contributed by atoms with E-state index < -0.39 is 21.7 Å². The molecule has 3 N–H and O–H groups in total. The minimum atomic E-state index is -3.67. The van der Waals surface area contributed by atoms with Gasteiger partial charge in [0.25, 0.3) is 5.91 Å². The number of sulfonamides is 1. The SMILES string of the molecule is CC(C)NS(=O)(=O)c1ccc(C(=O)Nc2ccc(F)c(NC(=O)CCN3CCOCC3)c2)cc1. The van der Waals surface area contributed by atoms with Gasteiger partial charge in [0.1, 0.15) is 5.82 Å². The standard InChI is InChI=1S/C23H29FN4O5S/c1-16(2)27-34(31,32)19-6-3-17(4-7-19)23(30)25-18-5-8-20(24)21(15-18)26-22(29)9-10-28-11-13-33-14-12-28/h3-8,15-16,27H,9-14H2,1-2H3,(H,25,30)(H,26,29). The Bertz CT molecular complexity index is 1120. The van der Waals surface area contributed by atoms with Crippen LogP contribution in [0.25, 0.3) is 0 Å². The minimum Gasteiger partial charge on any atom is -0.379 e. The van der Waals surface area contributed by atoms with E-state index in [-0.39, 0.29) is 40.2 Å². The number of anilines is 2. The molecule has 184 valence electrons. The van der Waals surface area contributed by atoms with E-state index in [2.05, 4.69) is 20.3 Å². The molecule has 0 saturated carbocycles. The molecule has 1 aliphatic heterocycles. The molecule has 0 aromatic heterocycles. The van der Waals surface area contributed by atoms with Crippen LogP contribution in [0.2, 0.25) is 0 Å². The van der Waals surface area contributed by atoms with Crippen LogP contribution in [0, 0.1) is 5.82 Å². The van der Waals surface area contributed by atoms with Crippen LogP contribution in [0.4, 0.5) is 15.8 Å². The van der Waals surface area contributed by atoms with Crippen molar-refractivity contribution in [3.63, 3.8) is 0 Å². The third-order valence-corrected chi connectivity index (χ3v) is 6.75. The van der Waals surface area contributed by atoms with Crippen molar-refractivity contribution in [3.8, 4) is 0 Å². The van der Waals surface area contributed by atoms with Crippen LogP contribution < -0.4 is 15.4 Å². The molecule has 1 aliphatic rings. The average Bonchev–Trinajstić information content (AvgIpc) is 2.80. The van der Waals surface area contributed by atoms with Crippen molar-refractivity contribution in [3.05, 3.63) is 53.8 Å². The molecule has 1 heterocycles. The van der Waals surface area contributed by atoms with Crippen LogP contribution in [-0.2, 0) is 19.6 Å². The number of carbonyl (C=O) groups excluding carboxylic acids is 2. The maximum atomic E-state index is 14.2. The highest BCUT2D eigenvalue weighted by Crippen LogP contribution is 2.21. The van der Waals surface area contributed by atoms with Gasteiger partial charge in [-0.15, -0.1) is 0 Å². The summed E-state index contributed by atoms with van der Waals surface area (Å²) in [6.45, 7) is 6.74. The molecule has 2 aromatic rings. The first-order chi connectivity index (χ1) is 16.1. The lowest BCUT2D eigenvalue weighted by atomic mass is 10.2. The van der Waals surface area contributed by atoms with Crippen LogP contribution >= 0.6 is 0 Å². The van der Waals surface area contributed by atoms with Crippen molar-refractivity contribution in [1.82, 2.24) is 9.62 Å². The summed E-state index contributed by atoms with van der Waals surface area (Å²) in [5.74, 6) is -1.46. The Hall–Kier alpha value is -2.86. The Kier molecular flexibility index (Phi) is 8.72. The third-order valence-electron chi connectivity index (χ3n) is 5.07. The Morgan fingerprint density at radius 1 is 1.06 bits per heavy atom. The van der Waals surface area contributed by atoms with E-state index in [0.717, 1.165) is 19.2 Å². The molecular weight excluding hydrogens is 463 g/mol. The van der Waals surface area contributed by atoms with E-state index in [0.29, 0.717) is 19.8 Å². The third kappa shape index (κ3) is 7.32. The predicted molar refractivity (Wildman–Crippen MR) is 127 cm³/mol. The largest absolute Gasteiger partial charge is 0.379 e. The van der Waals surface area contributed by atoms with Crippen molar-refractivity contribution >= 4 is 33.2 Å². The van der Waals surface area contributed by atoms with E-state index in [1.165, 1.54) is 36.4 Å². The average molecular weight is 493 g/mol. The Morgan fingerprint density at radius 2 is 1.74 bits per heavy atom. The van der Waals surface area contributed by atoms with Crippen LogP contribution in [-0.4, -0.2) is 64.0 Å². The van der Waals surface area contributed by atoms with Gasteiger partial charge < -0.3 is 15.4 Å². The molecule has 0 aliphatic carbocycles. The highest BCUT2D eigenvalue weighted by molar-refractivity contribution is 7.89. The summed E-state index contributed by atoms with van der Waals surface area (Å²) >= 11 is 0. The second-order valence-corrected chi connectivity index (χ2v) is 9.92. The van der Waals surface area contributed by atoms with Crippen molar-refractivity contribution in [2.45, 2.75) is 31.2 Å². The number of amides is 2. The minimum absolute atomic E-state index is 0.0361. The first-order valence-corrected chi connectivity index (χ1v) is 12.5. The predicted octanol–water partition coefficient (Wildman–Crippen LogP) is 2.43. The fourth-order valence-corrected chi connectivity index (χ4v) is 4.61. The van der Waals surface area contributed by atoms with Gasteiger partial charge in [0, 0.05) is 43.3 Å². The van der Waals surface area contributed by atoms with Crippen LogP contribution in [0.5, 0.6) is 0 Å². The summed E-state index contributed by atoms with van der Waals surface area (Å²) in [6.07, 6.45) is 0.205. The molecule has 2 amide bonds. The molecule has 0 spiro atoms. The second kappa shape index (κ2) is 11.5. The van der Waals surface area contributed by atoms with Crippen molar-refractivity contribution < 1.29 is 27.1 Å². The Labute approximate surface area is 198 Å². The molecule has 9 nitrogen and oxygen atoms in total. The van der Waals surface area contributed by atoms with Gasteiger partial charge in [-0.2, -0.15) is 0 Å². The summed E-state index contributed by atoms with van der Waals surface area (Å²) < 4.78 is 46.4. The Morgan fingerprint density at radius 3 is 2.38 bits per heavy atom. The number of carbonyl (C=O) groups is 2. The zero-order valence-corrected chi connectivity index (χ0v) is 20.0. The number of ether oxygens (including phenoxy) is 1. The lowest BCUT2D eigenvalue weighted by Crippen LogP contribution is -2.38. The first-order valence-electron chi connectivity index (χ1n) is 11.0. The van der Waals surface area contributed by atoms with E-state index in [9.17, 15) is 22.4 Å². The van der Waals surface area contributed by atoms with Gasteiger partial charge in [0.2, 0.25) is 15.9 Å². The smallest absolute Gasteiger partial charge is 0.255 e. The Balaban J connectivity index is 1.60. The molecular formula is C23H29FN4O5S. The molecule has 0 radical (unpaired) electrons. The normalized spacial score (nSPS) is 14.7. The summed E-state index contributed by atoms with van der Waals surface area (Å²) in [7, 11) is -3.67. The van der Waals surface area contributed by atoms with Gasteiger partial charge in [-0.05, 0) is 56.3 Å². The van der Waals surface area contributed by atoms with Gasteiger partial charge in [0.15, 0.2) is 0 Å². The fraction of sp³-hybridized carbons (Fsp3) is 0.391. The molecule has 1 fully saturated rings. The highest BCUT2D eigenvalue weighted by atomic mass is 32.2. The summed E-state index contributed by atoms with van der Waals surface area (Å²) in [6, 6.07) is 9.06. The van der Waals surface area contributed by atoms with Crippen LogP contribution in [0.15, 0.2) is 47.4 Å². The zero-order valence-electron chi connectivity index (χ0n) is 19.1. The van der Waals surface area contributed by atoms with Gasteiger partial charge >= 0.3 is 0 Å². The van der Waals surface area contributed by atoms with E-state index >= 15 is 0 Å². The number of nitrogens with one attached hydrogen (secondary N) is 3. The van der Waals surface area contributed by atoms with Crippen molar-refractivity contribution in [2.24, 2.45) is 0 Å². The maximum Gasteiger partial charge on any atom is 0.255 e. The van der Waals surface area contributed by atoms with E-state index in [1.807, 2.05) is 0 Å². The maximum absolute atomic E-state index is 14.2.